The zero-order chi connectivity index (χ0) is 14.1. The maximum Gasteiger partial charge on any atom is 0.129 e. The molecule has 110 valence electrons. The third-order valence-corrected chi connectivity index (χ3v) is 4.88. The van der Waals surface area contributed by atoms with Crippen molar-refractivity contribution < 1.29 is 4.39 Å². The van der Waals surface area contributed by atoms with Crippen LogP contribution < -0.4 is 5.73 Å². The molecule has 1 aliphatic carbocycles. The van der Waals surface area contributed by atoms with E-state index in [0.717, 1.165) is 18.5 Å². The van der Waals surface area contributed by atoms with E-state index >= 15 is 0 Å². The molecular formula is C16H22ClFN2. The fourth-order valence-corrected chi connectivity index (χ4v) is 3.66. The van der Waals surface area contributed by atoms with E-state index < -0.39 is 0 Å². The van der Waals surface area contributed by atoms with Crippen molar-refractivity contribution in [3.63, 3.8) is 0 Å². The number of hydrogen-bond donors (Lipinski definition) is 1. The zero-order valence-corrected chi connectivity index (χ0v) is 12.5. The maximum absolute atomic E-state index is 14.4. The highest BCUT2D eigenvalue weighted by atomic mass is 35.5. The molecule has 2 unspecified atom stereocenters. The van der Waals surface area contributed by atoms with Gasteiger partial charge >= 0.3 is 0 Å². The van der Waals surface area contributed by atoms with Crippen LogP contribution in [-0.4, -0.2) is 24.0 Å². The molecule has 1 saturated carbocycles. The van der Waals surface area contributed by atoms with Crippen LogP contribution in [0, 0.1) is 11.7 Å². The quantitative estimate of drug-likeness (QED) is 0.920. The van der Waals surface area contributed by atoms with Crippen molar-refractivity contribution in [1.82, 2.24) is 4.90 Å². The first-order valence-electron chi connectivity index (χ1n) is 7.61. The lowest BCUT2D eigenvalue weighted by Crippen LogP contribution is -2.37. The van der Waals surface area contributed by atoms with E-state index in [9.17, 15) is 4.39 Å². The second-order valence-electron chi connectivity index (χ2n) is 6.07. The highest BCUT2D eigenvalue weighted by Gasteiger charge is 2.39. The van der Waals surface area contributed by atoms with Gasteiger partial charge in [-0.05, 0) is 56.8 Å². The predicted molar refractivity (Wildman–Crippen MR) is 80.3 cm³/mol. The Hall–Kier alpha value is -0.640. The number of likely N-dealkylation sites (tertiary alicyclic amines) is 1. The van der Waals surface area contributed by atoms with Gasteiger partial charge < -0.3 is 5.73 Å². The van der Waals surface area contributed by atoms with Crippen LogP contribution in [0.3, 0.4) is 0 Å². The molecule has 0 spiro atoms. The summed E-state index contributed by atoms with van der Waals surface area (Å²) in [4.78, 5) is 2.50. The minimum atomic E-state index is -0.187. The van der Waals surface area contributed by atoms with Gasteiger partial charge in [0, 0.05) is 22.7 Å². The molecule has 2 aliphatic rings. The smallest absolute Gasteiger partial charge is 0.129 e. The van der Waals surface area contributed by atoms with Gasteiger partial charge in [-0.15, -0.1) is 0 Å². The van der Waals surface area contributed by atoms with Gasteiger partial charge in [-0.1, -0.05) is 24.1 Å². The molecule has 1 aromatic rings. The van der Waals surface area contributed by atoms with Crippen LogP contribution in [0.2, 0.25) is 5.02 Å². The van der Waals surface area contributed by atoms with Crippen molar-refractivity contribution in [2.45, 2.75) is 44.2 Å². The first kappa shape index (κ1) is 14.3. The summed E-state index contributed by atoms with van der Waals surface area (Å²) in [6.45, 7) is 1.68. The Morgan fingerprint density at radius 1 is 1.25 bits per heavy atom. The Morgan fingerprint density at radius 3 is 2.70 bits per heavy atom. The SMILES string of the molecule is NCC1CCCCN(C2CC2)C1c1ccc(Cl)cc1F. The van der Waals surface area contributed by atoms with Crippen LogP contribution in [0.25, 0.3) is 0 Å². The molecule has 20 heavy (non-hydrogen) atoms. The normalized spacial score (nSPS) is 28.4. The standard InChI is InChI=1S/C16H22ClFN2/c17-12-4-7-14(15(18)9-12)16-11(10-19)3-1-2-8-20(16)13-5-6-13/h4,7,9,11,13,16H,1-3,5-6,8,10,19H2. The van der Waals surface area contributed by atoms with Gasteiger partial charge in [0.05, 0.1) is 0 Å². The minimum Gasteiger partial charge on any atom is -0.330 e. The van der Waals surface area contributed by atoms with E-state index in [0.29, 0.717) is 23.5 Å². The first-order chi connectivity index (χ1) is 9.70. The molecular weight excluding hydrogens is 275 g/mol. The lowest BCUT2D eigenvalue weighted by molar-refractivity contribution is 0.145. The van der Waals surface area contributed by atoms with Crippen LogP contribution in [0.5, 0.6) is 0 Å². The summed E-state index contributed by atoms with van der Waals surface area (Å²) in [7, 11) is 0. The van der Waals surface area contributed by atoms with Gasteiger partial charge in [0.2, 0.25) is 0 Å². The lowest BCUT2D eigenvalue weighted by atomic mass is 9.89. The number of nitrogens with zero attached hydrogens (tertiary/aromatic N) is 1. The molecule has 0 radical (unpaired) electrons. The average molecular weight is 297 g/mol. The third-order valence-electron chi connectivity index (χ3n) is 4.64. The summed E-state index contributed by atoms with van der Waals surface area (Å²) < 4.78 is 14.4. The van der Waals surface area contributed by atoms with Gasteiger partial charge in [0.25, 0.3) is 0 Å². The number of benzene rings is 1. The van der Waals surface area contributed by atoms with E-state index in [2.05, 4.69) is 4.90 Å². The number of halogens is 2. The topological polar surface area (TPSA) is 29.3 Å². The van der Waals surface area contributed by atoms with Crippen LogP contribution in [0.15, 0.2) is 18.2 Å². The lowest BCUT2D eigenvalue weighted by Gasteiger charge is -2.35. The Balaban J connectivity index is 1.98. The zero-order valence-electron chi connectivity index (χ0n) is 11.7. The largest absolute Gasteiger partial charge is 0.330 e. The van der Waals surface area contributed by atoms with Crippen LogP contribution in [0.4, 0.5) is 4.39 Å². The molecule has 0 amide bonds. The molecule has 1 saturated heterocycles. The van der Waals surface area contributed by atoms with Crippen molar-refractivity contribution in [2.75, 3.05) is 13.1 Å². The Bertz CT molecular complexity index is 476. The maximum atomic E-state index is 14.4. The second-order valence-corrected chi connectivity index (χ2v) is 6.51. The van der Waals surface area contributed by atoms with Crippen LogP contribution in [0.1, 0.15) is 43.7 Å². The Morgan fingerprint density at radius 2 is 2.05 bits per heavy atom. The van der Waals surface area contributed by atoms with Crippen molar-refractivity contribution in [1.29, 1.82) is 0 Å². The first-order valence-corrected chi connectivity index (χ1v) is 7.99. The van der Waals surface area contributed by atoms with Crippen molar-refractivity contribution in [3.8, 4) is 0 Å². The molecule has 2 N–H and O–H groups in total. The van der Waals surface area contributed by atoms with Crippen LogP contribution >= 0.6 is 11.6 Å². The highest BCUT2D eigenvalue weighted by Crippen LogP contribution is 2.42. The Labute approximate surface area is 125 Å². The van der Waals surface area contributed by atoms with Crippen molar-refractivity contribution in [2.24, 2.45) is 11.7 Å². The van der Waals surface area contributed by atoms with E-state index in [4.69, 9.17) is 17.3 Å². The molecule has 2 fully saturated rings. The summed E-state index contributed by atoms with van der Waals surface area (Å²) in [5.41, 5.74) is 6.76. The minimum absolute atomic E-state index is 0.118. The summed E-state index contributed by atoms with van der Waals surface area (Å²) in [5, 5.41) is 0.460. The van der Waals surface area contributed by atoms with Gasteiger partial charge in [-0.25, -0.2) is 4.39 Å². The second kappa shape index (κ2) is 6.00. The summed E-state index contributed by atoms with van der Waals surface area (Å²) in [6.07, 6.45) is 5.95. The monoisotopic (exact) mass is 296 g/mol. The summed E-state index contributed by atoms with van der Waals surface area (Å²) in [5.74, 6) is 0.155. The van der Waals surface area contributed by atoms with E-state index in [-0.39, 0.29) is 11.9 Å². The predicted octanol–water partition coefficient (Wildman–Crippen LogP) is 3.74. The molecule has 3 rings (SSSR count). The number of hydrogen-bond acceptors (Lipinski definition) is 2. The van der Waals surface area contributed by atoms with Gasteiger partial charge in [-0.2, -0.15) is 0 Å². The molecule has 1 heterocycles. The van der Waals surface area contributed by atoms with Crippen LogP contribution in [-0.2, 0) is 0 Å². The third kappa shape index (κ3) is 2.85. The number of rotatable bonds is 3. The van der Waals surface area contributed by atoms with Gasteiger partial charge in [0.15, 0.2) is 0 Å². The Kier molecular flexibility index (Phi) is 4.29. The summed E-state index contributed by atoms with van der Waals surface area (Å²) >= 11 is 5.89. The highest BCUT2D eigenvalue weighted by molar-refractivity contribution is 6.30. The van der Waals surface area contributed by atoms with E-state index in [1.54, 1.807) is 6.07 Å². The van der Waals surface area contributed by atoms with Crippen molar-refractivity contribution >= 4 is 11.6 Å². The molecule has 1 aromatic carbocycles. The van der Waals surface area contributed by atoms with Gasteiger partial charge in [-0.3, -0.25) is 4.90 Å². The molecule has 0 aromatic heterocycles. The molecule has 2 atom stereocenters. The van der Waals surface area contributed by atoms with Crippen molar-refractivity contribution in [3.05, 3.63) is 34.6 Å². The molecule has 2 nitrogen and oxygen atoms in total. The molecule has 1 aliphatic heterocycles. The number of nitrogens with two attached hydrogens (primary N) is 1. The van der Waals surface area contributed by atoms with Gasteiger partial charge in [0.1, 0.15) is 5.82 Å². The molecule has 0 bridgehead atoms. The molecule has 4 heteroatoms. The average Bonchev–Trinajstić information content (AvgIpc) is 3.24. The fourth-order valence-electron chi connectivity index (χ4n) is 3.51. The van der Waals surface area contributed by atoms with E-state index in [1.165, 1.54) is 31.7 Å². The fraction of sp³-hybridized carbons (Fsp3) is 0.625. The summed E-state index contributed by atoms with van der Waals surface area (Å²) in [6, 6.07) is 5.82. The van der Waals surface area contributed by atoms with E-state index in [1.807, 2.05) is 6.07 Å².